The molecule has 106 valence electrons. The summed E-state index contributed by atoms with van der Waals surface area (Å²) >= 11 is 0. The van der Waals surface area contributed by atoms with Crippen LogP contribution in [0.1, 0.15) is 42.4 Å². The molecule has 1 heterocycles. The van der Waals surface area contributed by atoms with Crippen molar-refractivity contribution in [2.24, 2.45) is 5.73 Å². The lowest BCUT2D eigenvalue weighted by molar-refractivity contribution is 0.242. The predicted molar refractivity (Wildman–Crippen MR) is 79.7 cm³/mol. The van der Waals surface area contributed by atoms with Gasteiger partial charge in [-0.05, 0) is 57.0 Å². The van der Waals surface area contributed by atoms with Crippen molar-refractivity contribution in [3.8, 4) is 5.75 Å². The molecular formula is C16H21N3O. The first kappa shape index (κ1) is 14.5. The van der Waals surface area contributed by atoms with E-state index in [1.807, 2.05) is 58.0 Å². The van der Waals surface area contributed by atoms with Crippen molar-refractivity contribution in [2.45, 2.75) is 39.8 Å². The summed E-state index contributed by atoms with van der Waals surface area (Å²) in [4.78, 5) is 0. The quantitative estimate of drug-likeness (QED) is 0.928. The van der Waals surface area contributed by atoms with E-state index in [2.05, 4.69) is 10.2 Å². The summed E-state index contributed by atoms with van der Waals surface area (Å²) in [5.74, 6) is 0.858. The smallest absolute Gasteiger partial charge is 0.119 e. The highest BCUT2D eigenvalue weighted by atomic mass is 16.5. The van der Waals surface area contributed by atoms with Crippen molar-refractivity contribution in [3.63, 3.8) is 0 Å². The third kappa shape index (κ3) is 3.33. The second kappa shape index (κ2) is 6.01. The number of nitrogens with two attached hydrogens (primary N) is 1. The fourth-order valence-electron chi connectivity index (χ4n) is 2.09. The summed E-state index contributed by atoms with van der Waals surface area (Å²) < 4.78 is 5.63. The normalized spacial score (nSPS) is 12.5. The SMILES string of the molecule is Cc1cc(C(N)c2ccc(OC(C)C)cc2)c(C)nn1. The maximum Gasteiger partial charge on any atom is 0.119 e. The van der Waals surface area contributed by atoms with Gasteiger partial charge in [0.1, 0.15) is 5.75 Å². The summed E-state index contributed by atoms with van der Waals surface area (Å²) in [6, 6.07) is 9.69. The Morgan fingerprint density at radius 3 is 2.30 bits per heavy atom. The molecule has 4 heteroatoms. The third-order valence-electron chi connectivity index (χ3n) is 3.09. The van der Waals surface area contributed by atoms with Crippen LogP contribution in [0.4, 0.5) is 0 Å². The lowest BCUT2D eigenvalue weighted by atomic mass is 9.98. The molecule has 2 rings (SSSR count). The largest absolute Gasteiger partial charge is 0.491 e. The van der Waals surface area contributed by atoms with Gasteiger partial charge in [0.2, 0.25) is 0 Å². The molecule has 1 aromatic heterocycles. The molecule has 0 saturated carbocycles. The topological polar surface area (TPSA) is 61.0 Å². The number of aryl methyl sites for hydroxylation is 2. The van der Waals surface area contributed by atoms with E-state index in [4.69, 9.17) is 10.5 Å². The van der Waals surface area contributed by atoms with Gasteiger partial charge in [0, 0.05) is 0 Å². The Bertz CT molecular complexity index is 579. The monoisotopic (exact) mass is 271 g/mol. The highest BCUT2D eigenvalue weighted by Crippen LogP contribution is 2.24. The number of aromatic nitrogens is 2. The molecule has 0 aliphatic carbocycles. The summed E-state index contributed by atoms with van der Waals surface area (Å²) in [5.41, 5.74) is 10.1. The van der Waals surface area contributed by atoms with E-state index in [0.717, 1.165) is 28.3 Å². The zero-order chi connectivity index (χ0) is 14.7. The molecule has 1 aromatic carbocycles. The maximum absolute atomic E-state index is 6.33. The Morgan fingerprint density at radius 2 is 1.70 bits per heavy atom. The van der Waals surface area contributed by atoms with Crippen LogP contribution in [0.3, 0.4) is 0 Å². The number of rotatable bonds is 4. The van der Waals surface area contributed by atoms with Crippen molar-refractivity contribution < 1.29 is 4.74 Å². The highest BCUT2D eigenvalue weighted by Gasteiger charge is 2.13. The van der Waals surface area contributed by atoms with Crippen LogP contribution >= 0.6 is 0 Å². The van der Waals surface area contributed by atoms with Crippen molar-refractivity contribution in [1.82, 2.24) is 10.2 Å². The number of hydrogen-bond acceptors (Lipinski definition) is 4. The van der Waals surface area contributed by atoms with E-state index >= 15 is 0 Å². The molecular weight excluding hydrogens is 250 g/mol. The van der Waals surface area contributed by atoms with Gasteiger partial charge in [-0.25, -0.2) is 0 Å². The van der Waals surface area contributed by atoms with Crippen LogP contribution < -0.4 is 10.5 Å². The van der Waals surface area contributed by atoms with Crippen molar-refractivity contribution in [2.75, 3.05) is 0 Å². The Morgan fingerprint density at radius 1 is 1.05 bits per heavy atom. The average Bonchev–Trinajstić information content (AvgIpc) is 2.41. The predicted octanol–water partition coefficient (Wildman–Crippen LogP) is 2.93. The molecule has 0 aliphatic rings. The standard InChI is InChI=1S/C16H21N3O/c1-10(2)20-14-7-5-13(6-8-14)16(17)15-9-11(3)18-19-12(15)4/h5-10,16H,17H2,1-4H3. The summed E-state index contributed by atoms with van der Waals surface area (Å²) in [7, 11) is 0. The molecule has 0 bridgehead atoms. The van der Waals surface area contributed by atoms with Gasteiger partial charge < -0.3 is 10.5 Å². The van der Waals surface area contributed by atoms with Crippen LogP contribution in [0.2, 0.25) is 0 Å². The molecule has 20 heavy (non-hydrogen) atoms. The van der Waals surface area contributed by atoms with Gasteiger partial charge >= 0.3 is 0 Å². The lowest BCUT2D eigenvalue weighted by Gasteiger charge is -2.16. The van der Waals surface area contributed by atoms with E-state index in [0.29, 0.717) is 0 Å². The van der Waals surface area contributed by atoms with Crippen LogP contribution in [-0.2, 0) is 0 Å². The highest BCUT2D eigenvalue weighted by molar-refractivity contribution is 5.36. The van der Waals surface area contributed by atoms with Crippen molar-refractivity contribution in [1.29, 1.82) is 0 Å². The first-order valence-corrected chi connectivity index (χ1v) is 6.80. The second-order valence-corrected chi connectivity index (χ2v) is 5.24. The van der Waals surface area contributed by atoms with Gasteiger partial charge in [-0.15, -0.1) is 0 Å². The second-order valence-electron chi connectivity index (χ2n) is 5.24. The first-order chi connectivity index (χ1) is 9.47. The number of benzene rings is 1. The summed E-state index contributed by atoms with van der Waals surface area (Å²) in [5, 5.41) is 8.16. The molecule has 4 nitrogen and oxygen atoms in total. The van der Waals surface area contributed by atoms with Crippen LogP contribution in [0.25, 0.3) is 0 Å². The van der Waals surface area contributed by atoms with Gasteiger partial charge in [-0.3, -0.25) is 0 Å². The average molecular weight is 271 g/mol. The molecule has 0 fully saturated rings. The third-order valence-corrected chi connectivity index (χ3v) is 3.09. The number of hydrogen-bond donors (Lipinski definition) is 1. The van der Waals surface area contributed by atoms with Gasteiger partial charge in [0.25, 0.3) is 0 Å². The van der Waals surface area contributed by atoms with E-state index < -0.39 is 0 Å². The Balaban J connectivity index is 2.24. The number of nitrogens with zero attached hydrogens (tertiary/aromatic N) is 2. The molecule has 1 unspecified atom stereocenters. The lowest BCUT2D eigenvalue weighted by Crippen LogP contribution is -2.15. The molecule has 0 amide bonds. The molecule has 0 radical (unpaired) electrons. The summed E-state index contributed by atoms with van der Waals surface area (Å²) in [6.45, 7) is 7.86. The van der Waals surface area contributed by atoms with Crippen LogP contribution in [0.15, 0.2) is 30.3 Å². The zero-order valence-electron chi connectivity index (χ0n) is 12.4. The fraction of sp³-hybridized carbons (Fsp3) is 0.375. The van der Waals surface area contributed by atoms with Gasteiger partial charge in [0.15, 0.2) is 0 Å². The minimum Gasteiger partial charge on any atom is -0.491 e. The molecule has 2 N–H and O–H groups in total. The Kier molecular flexibility index (Phi) is 4.35. The van der Waals surface area contributed by atoms with E-state index in [1.165, 1.54) is 0 Å². The Hall–Kier alpha value is -1.94. The summed E-state index contributed by atoms with van der Waals surface area (Å²) in [6.07, 6.45) is 0.170. The van der Waals surface area contributed by atoms with Crippen molar-refractivity contribution >= 4 is 0 Å². The first-order valence-electron chi connectivity index (χ1n) is 6.80. The van der Waals surface area contributed by atoms with Crippen LogP contribution in [0, 0.1) is 13.8 Å². The minimum absolute atomic E-state index is 0.170. The van der Waals surface area contributed by atoms with Crippen molar-refractivity contribution in [3.05, 3.63) is 52.8 Å². The van der Waals surface area contributed by atoms with E-state index in [1.54, 1.807) is 0 Å². The van der Waals surface area contributed by atoms with Gasteiger partial charge in [-0.1, -0.05) is 12.1 Å². The molecule has 0 spiro atoms. The Labute approximate surface area is 120 Å². The van der Waals surface area contributed by atoms with Crippen LogP contribution in [-0.4, -0.2) is 16.3 Å². The van der Waals surface area contributed by atoms with Gasteiger partial charge in [0.05, 0.1) is 23.5 Å². The van der Waals surface area contributed by atoms with E-state index in [9.17, 15) is 0 Å². The minimum atomic E-state index is -0.197. The molecule has 0 aliphatic heterocycles. The van der Waals surface area contributed by atoms with Gasteiger partial charge in [-0.2, -0.15) is 10.2 Å². The molecule has 1 atom stereocenters. The molecule has 0 saturated heterocycles. The maximum atomic E-state index is 6.33. The number of ether oxygens (including phenoxy) is 1. The van der Waals surface area contributed by atoms with E-state index in [-0.39, 0.29) is 12.1 Å². The fourth-order valence-corrected chi connectivity index (χ4v) is 2.09. The van der Waals surface area contributed by atoms with Crippen LogP contribution in [0.5, 0.6) is 5.75 Å². The zero-order valence-corrected chi connectivity index (χ0v) is 12.4. The molecule has 2 aromatic rings.